The van der Waals surface area contributed by atoms with Crippen molar-refractivity contribution < 1.29 is 14.6 Å². The zero-order chi connectivity index (χ0) is 8.10. The predicted molar refractivity (Wildman–Crippen MR) is 39.1 cm³/mol. The molecule has 1 aliphatic heterocycles. The van der Waals surface area contributed by atoms with E-state index in [1.807, 2.05) is 12.2 Å². The molecule has 1 amide bonds. The molecule has 0 aromatic rings. The summed E-state index contributed by atoms with van der Waals surface area (Å²) >= 11 is 0. The minimum Gasteiger partial charge on any atom is -0.447 e. The van der Waals surface area contributed by atoms with Gasteiger partial charge in [0.2, 0.25) is 0 Å². The number of rotatable bonds is 2. The van der Waals surface area contributed by atoms with Gasteiger partial charge >= 0.3 is 6.09 Å². The number of carbonyl (C=O) groups is 1. The summed E-state index contributed by atoms with van der Waals surface area (Å²) in [5.41, 5.74) is 0. The molecule has 0 unspecified atom stereocenters. The third-order valence-electron chi connectivity index (χ3n) is 1.39. The summed E-state index contributed by atoms with van der Waals surface area (Å²) in [5.74, 6) is 0. The number of carbonyl (C=O) groups excluding carboxylic acids is 1. The van der Waals surface area contributed by atoms with Crippen LogP contribution in [0.15, 0.2) is 12.2 Å². The van der Waals surface area contributed by atoms with Crippen molar-refractivity contribution in [1.29, 1.82) is 0 Å². The first-order valence-corrected chi connectivity index (χ1v) is 3.52. The van der Waals surface area contributed by atoms with E-state index < -0.39 is 0 Å². The van der Waals surface area contributed by atoms with E-state index in [1.54, 1.807) is 4.90 Å². The molecule has 0 saturated carbocycles. The largest absolute Gasteiger partial charge is 0.447 e. The van der Waals surface area contributed by atoms with Crippen molar-refractivity contribution >= 4 is 6.09 Å². The Balaban J connectivity index is 2.19. The van der Waals surface area contributed by atoms with Crippen molar-refractivity contribution in [3.05, 3.63) is 12.2 Å². The fourth-order valence-corrected chi connectivity index (χ4v) is 0.851. The summed E-state index contributed by atoms with van der Waals surface area (Å²) in [6, 6.07) is 0. The van der Waals surface area contributed by atoms with Crippen LogP contribution in [0, 0.1) is 0 Å². The summed E-state index contributed by atoms with van der Waals surface area (Å²) in [5, 5.41) is 8.35. The van der Waals surface area contributed by atoms with Gasteiger partial charge in [0.1, 0.15) is 6.61 Å². The molecule has 1 heterocycles. The van der Waals surface area contributed by atoms with Crippen LogP contribution in [-0.4, -0.2) is 42.4 Å². The summed E-state index contributed by atoms with van der Waals surface area (Å²) in [7, 11) is 0. The van der Waals surface area contributed by atoms with Crippen molar-refractivity contribution in [1.82, 2.24) is 4.90 Å². The smallest absolute Gasteiger partial charge is 0.410 e. The van der Waals surface area contributed by atoms with Gasteiger partial charge in [-0.05, 0) is 0 Å². The molecule has 0 bridgehead atoms. The zero-order valence-electron chi connectivity index (χ0n) is 6.19. The van der Waals surface area contributed by atoms with Crippen molar-refractivity contribution in [3.63, 3.8) is 0 Å². The van der Waals surface area contributed by atoms with Gasteiger partial charge in [0.05, 0.1) is 6.61 Å². The highest BCUT2D eigenvalue weighted by Crippen LogP contribution is 2.00. The van der Waals surface area contributed by atoms with Crippen molar-refractivity contribution in [3.8, 4) is 0 Å². The topological polar surface area (TPSA) is 49.8 Å². The average molecular weight is 157 g/mol. The van der Waals surface area contributed by atoms with E-state index in [9.17, 15) is 4.79 Å². The minimum absolute atomic E-state index is 0.0787. The van der Waals surface area contributed by atoms with E-state index in [2.05, 4.69) is 4.74 Å². The van der Waals surface area contributed by atoms with E-state index in [1.165, 1.54) is 0 Å². The monoisotopic (exact) mass is 157 g/mol. The molecule has 0 fully saturated rings. The molecule has 62 valence electrons. The minimum atomic E-state index is -0.357. The quantitative estimate of drug-likeness (QED) is 0.573. The molecule has 0 atom stereocenters. The lowest BCUT2D eigenvalue weighted by Crippen LogP contribution is -2.29. The number of hydrogen-bond donors (Lipinski definition) is 1. The molecule has 1 N–H and O–H groups in total. The Morgan fingerprint density at radius 3 is 2.73 bits per heavy atom. The van der Waals surface area contributed by atoms with Gasteiger partial charge in [0.15, 0.2) is 0 Å². The van der Waals surface area contributed by atoms with Crippen LogP contribution in [0.2, 0.25) is 0 Å². The highest BCUT2D eigenvalue weighted by Gasteiger charge is 2.14. The Labute approximate surface area is 65.1 Å². The molecular formula is C7H11NO3. The molecule has 0 spiro atoms. The first-order chi connectivity index (χ1) is 5.34. The number of aliphatic hydroxyl groups is 1. The maximum Gasteiger partial charge on any atom is 0.410 e. The van der Waals surface area contributed by atoms with Crippen molar-refractivity contribution in [2.75, 3.05) is 26.3 Å². The Hall–Kier alpha value is -1.03. The summed E-state index contributed by atoms with van der Waals surface area (Å²) in [6.45, 7) is 1.19. The second-order valence-electron chi connectivity index (χ2n) is 2.21. The molecule has 4 nitrogen and oxygen atoms in total. The van der Waals surface area contributed by atoms with E-state index in [4.69, 9.17) is 5.11 Å². The van der Waals surface area contributed by atoms with Gasteiger partial charge in [-0.3, -0.25) is 0 Å². The van der Waals surface area contributed by atoms with Gasteiger partial charge in [-0.25, -0.2) is 4.79 Å². The third kappa shape index (κ3) is 2.23. The third-order valence-corrected chi connectivity index (χ3v) is 1.39. The highest BCUT2D eigenvalue weighted by molar-refractivity contribution is 5.68. The van der Waals surface area contributed by atoms with Crippen LogP contribution in [0.5, 0.6) is 0 Å². The molecular weight excluding hydrogens is 146 g/mol. The number of nitrogens with zero attached hydrogens (tertiary/aromatic N) is 1. The maximum atomic E-state index is 11.0. The van der Waals surface area contributed by atoms with Gasteiger partial charge < -0.3 is 14.7 Å². The number of amides is 1. The molecule has 1 aliphatic rings. The fourth-order valence-electron chi connectivity index (χ4n) is 0.851. The second-order valence-corrected chi connectivity index (χ2v) is 2.21. The molecule has 0 aliphatic carbocycles. The van der Waals surface area contributed by atoms with Gasteiger partial charge in [-0.1, -0.05) is 12.2 Å². The van der Waals surface area contributed by atoms with Crippen LogP contribution in [0.1, 0.15) is 0 Å². The maximum absolute atomic E-state index is 11.0. The van der Waals surface area contributed by atoms with Gasteiger partial charge in [0.25, 0.3) is 0 Å². The fraction of sp³-hybridized carbons (Fsp3) is 0.571. The van der Waals surface area contributed by atoms with E-state index in [-0.39, 0.29) is 19.3 Å². The lowest BCUT2D eigenvalue weighted by molar-refractivity contribution is 0.0920. The Morgan fingerprint density at radius 2 is 2.18 bits per heavy atom. The summed E-state index contributed by atoms with van der Waals surface area (Å²) in [6.07, 6.45) is 3.45. The van der Waals surface area contributed by atoms with Crippen molar-refractivity contribution in [2.24, 2.45) is 0 Å². The van der Waals surface area contributed by atoms with Crippen LogP contribution in [-0.2, 0) is 4.74 Å². The molecule has 1 rings (SSSR count). The van der Waals surface area contributed by atoms with Crippen LogP contribution in [0.3, 0.4) is 0 Å². The lowest BCUT2D eigenvalue weighted by Gasteiger charge is -2.14. The lowest BCUT2D eigenvalue weighted by atomic mass is 10.6. The standard InChI is InChI=1S/C7H11NO3/c9-5-6-11-7(10)8-3-1-2-4-8/h1-2,9H,3-6H2. The Bertz CT molecular complexity index is 159. The molecule has 0 saturated heterocycles. The van der Waals surface area contributed by atoms with Crippen LogP contribution < -0.4 is 0 Å². The second kappa shape index (κ2) is 3.98. The van der Waals surface area contributed by atoms with Gasteiger partial charge in [-0.2, -0.15) is 0 Å². The predicted octanol–water partition coefficient (Wildman–Crippen LogP) is -0.0129. The number of ether oxygens (including phenoxy) is 1. The number of aliphatic hydroxyl groups excluding tert-OH is 1. The van der Waals surface area contributed by atoms with Crippen LogP contribution in [0.25, 0.3) is 0 Å². The van der Waals surface area contributed by atoms with Crippen LogP contribution >= 0.6 is 0 Å². The van der Waals surface area contributed by atoms with Crippen molar-refractivity contribution in [2.45, 2.75) is 0 Å². The van der Waals surface area contributed by atoms with Gasteiger partial charge in [-0.15, -0.1) is 0 Å². The average Bonchev–Trinajstić information content (AvgIpc) is 2.52. The normalized spacial score (nSPS) is 15.5. The Kier molecular flexibility index (Phi) is 2.92. The zero-order valence-corrected chi connectivity index (χ0v) is 6.19. The van der Waals surface area contributed by atoms with Crippen LogP contribution in [0.4, 0.5) is 4.79 Å². The molecule has 0 radical (unpaired) electrons. The Morgan fingerprint density at radius 1 is 1.55 bits per heavy atom. The van der Waals surface area contributed by atoms with E-state index in [0.717, 1.165) is 0 Å². The molecule has 0 aromatic carbocycles. The first-order valence-electron chi connectivity index (χ1n) is 3.52. The molecule has 11 heavy (non-hydrogen) atoms. The van der Waals surface area contributed by atoms with E-state index in [0.29, 0.717) is 13.1 Å². The summed E-state index contributed by atoms with van der Waals surface area (Å²) in [4.78, 5) is 12.5. The highest BCUT2D eigenvalue weighted by atomic mass is 16.6. The molecule has 0 aromatic heterocycles. The van der Waals surface area contributed by atoms with Gasteiger partial charge in [0, 0.05) is 13.1 Å². The molecule has 4 heteroatoms. The summed E-state index contributed by atoms with van der Waals surface area (Å²) < 4.78 is 4.67. The number of hydrogen-bond acceptors (Lipinski definition) is 3. The first kappa shape index (κ1) is 8.07. The SMILES string of the molecule is O=C(OCCO)N1CC=CC1. The van der Waals surface area contributed by atoms with E-state index >= 15 is 0 Å².